The van der Waals surface area contributed by atoms with E-state index in [1.807, 2.05) is 19.1 Å². The Morgan fingerprint density at radius 1 is 1.69 bits per heavy atom. The lowest BCUT2D eigenvalue weighted by Gasteiger charge is -2.20. The highest BCUT2D eigenvalue weighted by Gasteiger charge is 2.28. The molecule has 5 heteroatoms. The molecule has 1 rings (SSSR count). The largest absolute Gasteiger partial charge is 0.373 e. The van der Waals surface area contributed by atoms with Crippen LogP contribution < -0.4 is 0 Å². The summed E-state index contributed by atoms with van der Waals surface area (Å²) in [5, 5.41) is 27.3. The summed E-state index contributed by atoms with van der Waals surface area (Å²) in [4.78, 5) is 1.66. The van der Waals surface area contributed by atoms with Crippen molar-refractivity contribution < 1.29 is 5.11 Å². The Morgan fingerprint density at radius 3 is 2.77 bits per heavy atom. The van der Waals surface area contributed by atoms with Crippen LogP contribution in [0.5, 0.6) is 0 Å². The van der Waals surface area contributed by atoms with Gasteiger partial charge in [0.15, 0.2) is 5.57 Å². The third kappa shape index (κ3) is 1.77. The number of thioether (sulfide) groups is 1. The maximum atomic E-state index is 9.45. The molecule has 0 bridgehead atoms. The van der Waals surface area contributed by atoms with E-state index in [2.05, 4.69) is 0 Å². The third-order valence-electron chi connectivity index (χ3n) is 1.77. The summed E-state index contributed by atoms with van der Waals surface area (Å²) >= 11 is 1.35. The van der Waals surface area contributed by atoms with Crippen LogP contribution in [0.15, 0.2) is 10.6 Å². The van der Waals surface area contributed by atoms with Crippen molar-refractivity contribution >= 4 is 11.8 Å². The van der Waals surface area contributed by atoms with Gasteiger partial charge >= 0.3 is 0 Å². The standard InChI is InChI=1S/C8H9N3OS/c1-2-11-7(12)5-13-8(11)6(3-9)4-10/h7,12H,2,5H2,1H3. The molecular formula is C8H9N3OS. The van der Waals surface area contributed by atoms with Gasteiger partial charge in [0.2, 0.25) is 0 Å². The van der Waals surface area contributed by atoms with Gasteiger partial charge in [0.1, 0.15) is 23.4 Å². The maximum Gasteiger partial charge on any atom is 0.159 e. The second kappa shape index (κ2) is 4.18. The minimum absolute atomic E-state index is 0.0865. The highest BCUT2D eigenvalue weighted by atomic mass is 32.2. The first-order valence-corrected chi connectivity index (χ1v) is 4.85. The lowest BCUT2D eigenvalue weighted by molar-refractivity contribution is 0.0670. The lowest BCUT2D eigenvalue weighted by Crippen LogP contribution is -2.29. The van der Waals surface area contributed by atoms with Crippen LogP contribution in [0, 0.1) is 22.7 Å². The van der Waals surface area contributed by atoms with Gasteiger partial charge in [-0.1, -0.05) is 0 Å². The third-order valence-corrected chi connectivity index (χ3v) is 2.94. The number of aliphatic hydroxyl groups excluding tert-OH is 1. The van der Waals surface area contributed by atoms with Crippen molar-refractivity contribution in [3.8, 4) is 12.1 Å². The van der Waals surface area contributed by atoms with Crippen LogP contribution >= 0.6 is 11.8 Å². The molecule has 13 heavy (non-hydrogen) atoms. The molecule has 0 amide bonds. The molecular weight excluding hydrogens is 186 g/mol. The fourth-order valence-electron chi connectivity index (χ4n) is 1.15. The van der Waals surface area contributed by atoms with Gasteiger partial charge in [0.25, 0.3) is 0 Å². The number of nitriles is 2. The molecule has 0 radical (unpaired) electrons. The van der Waals surface area contributed by atoms with Crippen LogP contribution in [0.25, 0.3) is 0 Å². The molecule has 0 aromatic rings. The molecule has 1 aliphatic heterocycles. The Hall–Kier alpha value is -1.17. The van der Waals surface area contributed by atoms with Crippen molar-refractivity contribution in [3.63, 3.8) is 0 Å². The molecule has 0 aliphatic carbocycles. The van der Waals surface area contributed by atoms with Crippen molar-refractivity contribution in [1.29, 1.82) is 10.5 Å². The van der Waals surface area contributed by atoms with Gasteiger partial charge in [-0.25, -0.2) is 0 Å². The number of aliphatic hydroxyl groups is 1. The normalized spacial score (nSPS) is 21.1. The zero-order valence-corrected chi connectivity index (χ0v) is 8.01. The van der Waals surface area contributed by atoms with Crippen LogP contribution in [0.2, 0.25) is 0 Å². The van der Waals surface area contributed by atoms with Crippen LogP contribution in [-0.4, -0.2) is 28.5 Å². The van der Waals surface area contributed by atoms with Crippen LogP contribution in [0.4, 0.5) is 0 Å². The Balaban J connectivity index is 3.01. The van der Waals surface area contributed by atoms with Gasteiger partial charge in [-0.3, -0.25) is 0 Å². The number of hydrogen-bond acceptors (Lipinski definition) is 5. The van der Waals surface area contributed by atoms with E-state index >= 15 is 0 Å². The highest BCUT2D eigenvalue weighted by Crippen LogP contribution is 2.33. The van der Waals surface area contributed by atoms with Gasteiger partial charge in [0.05, 0.1) is 0 Å². The first-order chi connectivity index (χ1) is 6.24. The second-order valence-electron chi connectivity index (χ2n) is 2.48. The Kier molecular flexibility index (Phi) is 3.18. The Morgan fingerprint density at radius 2 is 2.31 bits per heavy atom. The van der Waals surface area contributed by atoms with E-state index in [-0.39, 0.29) is 5.57 Å². The van der Waals surface area contributed by atoms with Crippen molar-refractivity contribution in [2.24, 2.45) is 0 Å². The summed E-state index contributed by atoms with van der Waals surface area (Å²) < 4.78 is 0. The summed E-state index contributed by atoms with van der Waals surface area (Å²) in [6.45, 7) is 2.48. The molecule has 1 saturated heterocycles. The zero-order chi connectivity index (χ0) is 9.84. The first kappa shape index (κ1) is 9.91. The molecule has 0 aromatic heterocycles. The van der Waals surface area contributed by atoms with E-state index in [1.54, 1.807) is 4.90 Å². The lowest BCUT2D eigenvalue weighted by atomic mass is 10.3. The molecule has 4 nitrogen and oxygen atoms in total. The van der Waals surface area contributed by atoms with E-state index in [0.717, 1.165) is 0 Å². The molecule has 0 aromatic carbocycles. The Labute approximate surface area is 81.1 Å². The maximum absolute atomic E-state index is 9.45. The van der Waals surface area contributed by atoms with Crippen LogP contribution in [-0.2, 0) is 0 Å². The SMILES string of the molecule is CCN1C(=C(C#N)C#N)SCC1O. The average Bonchev–Trinajstić information content (AvgIpc) is 2.50. The molecule has 1 aliphatic rings. The molecule has 1 unspecified atom stereocenters. The van der Waals surface area contributed by atoms with Crippen molar-refractivity contribution in [1.82, 2.24) is 4.90 Å². The fourth-order valence-corrected chi connectivity index (χ4v) is 2.29. The molecule has 0 saturated carbocycles. The van der Waals surface area contributed by atoms with E-state index in [4.69, 9.17) is 10.5 Å². The van der Waals surface area contributed by atoms with Crippen molar-refractivity contribution in [3.05, 3.63) is 10.6 Å². The van der Waals surface area contributed by atoms with E-state index in [9.17, 15) is 5.11 Å². The van der Waals surface area contributed by atoms with Gasteiger partial charge in [-0.05, 0) is 6.92 Å². The smallest absolute Gasteiger partial charge is 0.159 e. The minimum Gasteiger partial charge on any atom is -0.373 e. The number of hydrogen-bond donors (Lipinski definition) is 1. The monoisotopic (exact) mass is 195 g/mol. The van der Waals surface area contributed by atoms with Gasteiger partial charge in [-0.2, -0.15) is 10.5 Å². The molecule has 1 heterocycles. The van der Waals surface area contributed by atoms with E-state index in [0.29, 0.717) is 17.3 Å². The van der Waals surface area contributed by atoms with Gasteiger partial charge in [0, 0.05) is 12.3 Å². The van der Waals surface area contributed by atoms with Crippen molar-refractivity contribution in [2.75, 3.05) is 12.3 Å². The predicted molar refractivity (Wildman–Crippen MR) is 49.1 cm³/mol. The first-order valence-electron chi connectivity index (χ1n) is 3.86. The molecule has 1 N–H and O–H groups in total. The average molecular weight is 195 g/mol. The quantitative estimate of drug-likeness (QED) is 0.621. The fraction of sp³-hybridized carbons (Fsp3) is 0.500. The number of rotatable bonds is 1. The highest BCUT2D eigenvalue weighted by molar-refractivity contribution is 8.03. The topological polar surface area (TPSA) is 71.0 Å². The molecule has 68 valence electrons. The number of allylic oxidation sites excluding steroid dienone is 1. The van der Waals surface area contributed by atoms with Gasteiger partial charge < -0.3 is 10.0 Å². The van der Waals surface area contributed by atoms with Crippen LogP contribution in [0.1, 0.15) is 6.92 Å². The minimum atomic E-state index is -0.568. The van der Waals surface area contributed by atoms with Gasteiger partial charge in [-0.15, -0.1) is 11.8 Å². The van der Waals surface area contributed by atoms with E-state index in [1.165, 1.54) is 11.8 Å². The molecule has 1 atom stereocenters. The second-order valence-corrected chi connectivity index (χ2v) is 3.49. The zero-order valence-electron chi connectivity index (χ0n) is 7.19. The number of nitrogens with zero attached hydrogens (tertiary/aromatic N) is 3. The molecule has 0 spiro atoms. The summed E-state index contributed by atoms with van der Waals surface area (Å²) in [5.41, 5.74) is 0.0865. The predicted octanol–water partition coefficient (Wildman–Crippen LogP) is 0.632. The summed E-state index contributed by atoms with van der Waals surface area (Å²) in [7, 11) is 0. The van der Waals surface area contributed by atoms with E-state index < -0.39 is 6.23 Å². The molecule has 1 fully saturated rings. The van der Waals surface area contributed by atoms with Crippen molar-refractivity contribution in [2.45, 2.75) is 13.2 Å². The van der Waals surface area contributed by atoms with Crippen LogP contribution in [0.3, 0.4) is 0 Å². The summed E-state index contributed by atoms with van der Waals surface area (Å²) in [6.07, 6.45) is -0.568. The summed E-state index contributed by atoms with van der Waals surface area (Å²) in [6, 6.07) is 3.65. The Bertz CT molecular complexity index is 296. The summed E-state index contributed by atoms with van der Waals surface area (Å²) in [5.74, 6) is 0.524.